The highest BCUT2D eigenvalue weighted by molar-refractivity contribution is 8.00. The van der Waals surface area contributed by atoms with Gasteiger partial charge >= 0.3 is 0 Å². The SMILES string of the molecule is CC(C)Cn1c(S[C@@H](C)C(=O)c2ccc(F)c(F)c2)nc2ccccc2c1=O. The first-order chi connectivity index (χ1) is 13.3. The third-order valence-corrected chi connectivity index (χ3v) is 5.32. The average Bonchev–Trinajstić information content (AvgIpc) is 2.66. The van der Waals surface area contributed by atoms with Gasteiger partial charge in [0.1, 0.15) is 0 Å². The largest absolute Gasteiger partial charge is 0.293 e. The molecule has 2 aromatic carbocycles. The molecule has 0 spiro atoms. The van der Waals surface area contributed by atoms with Crippen molar-refractivity contribution in [1.29, 1.82) is 0 Å². The van der Waals surface area contributed by atoms with E-state index in [0.717, 1.165) is 23.9 Å². The fraction of sp³-hybridized carbons (Fsp3) is 0.286. The molecule has 28 heavy (non-hydrogen) atoms. The zero-order chi connectivity index (χ0) is 20.4. The second-order valence-corrected chi connectivity index (χ2v) is 8.28. The summed E-state index contributed by atoms with van der Waals surface area (Å²) < 4.78 is 28.2. The van der Waals surface area contributed by atoms with Gasteiger partial charge in [0, 0.05) is 12.1 Å². The molecule has 1 heterocycles. The number of Topliss-reactive ketones (excluding diaryl/α,β-unsaturated/α-hetero) is 1. The molecule has 3 aromatic rings. The van der Waals surface area contributed by atoms with Crippen LogP contribution < -0.4 is 5.56 Å². The van der Waals surface area contributed by atoms with Gasteiger partial charge in [0.15, 0.2) is 22.6 Å². The molecular formula is C21H20F2N2O2S. The standard InChI is InChI=1S/C21H20F2N2O2S/c1-12(2)11-25-20(27)15-6-4-5-7-18(15)24-21(25)28-13(3)19(26)14-8-9-16(22)17(23)10-14/h4-10,12-13H,11H2,1-3H3/t13-/m0/s1. The van der Waals surface area contributed by atoms with E-state index in [1.807, 2.05) is 13.8 Å². The van der Waals surface area contributed by atoms with Gasteiger partial charge in [-0.05, 0) is 43.2 Å². The molecule has 0 saturated carbocycles. The van der Waals surface area contributed by atoms with Gasteiger partial charge in [0.05, 0.1) is 16.2 Å². The Morgan fingerprint density at radius 1 is 1.11 bits per heavy atom. The maximum atomic E-state index is 13.5. The molecule has 0 N–H and O–H groups in total. The zero-order valence-electron chi connectivity index (χ0n) is 15.8. The summed E-state index contributed by atoms with van der Waals surface area (Å²) in [5, 5.41) is 0.323. The molecule has 0 aliphatic rings. The number of aromatic nitrogens is 2. The Balaban J connectivity index is 1.99. The van der Waals surface area contributed by atoms with Crippen LogP contribution in [0.1, 0.15) is 31.1 Å². The Kier molecular flexibility index (Phi) is 5.93. The van der Waals surface area contributed by atoms with Crippen molar-refractivity contribution >= 4 is 28.4 Å². The van der Waals surface area contributed by atoms with Crippen molar-refractivity contribution in [3.05, 3.63) is 70.0 Å². The average molecular weight is 402 g/mol. The van der Waals surface area contributed by atoms with Crippen molar-refractivity contribution < 1.29 is 13.6 Å². The predicted octanol–water partition coefficient (Wildman–Crippen LogP) is 4.69. The smallest absolute Gasteiger partial charge is 0.262 e. The molecule has 0 aliphatic carbocycles. The fourth-order valence-corrected chi connectivity index (χ4v) is 3.85. The summed E-state index contributed by atoms with van der Waals surface area (Å²) in [5.74, 6) is -2.22. The molecule has 3 rings (SSSR count). The highest BCUT2D eigenvalue weighted by Crippen LogP contribution is 2.26. The topological polar surface area (TPSA) is 52.0 Å². The van der Waals surface area contributed by atoms with Crippen molar-refractivity contribution in [1.82, 2.24) is 9.55 Å². The van der Waals surface area contributed by atoms with Crippen LogP contribution in [0.5, 0.6) is 0 Å². The molecule has 0 saturated heterocycles. The minimum Gasteiger partial charge on any atom is -0.293 e. The van der Waals surface area contributed by atoms with Crippen LogP contribution >= 0.6 is 11.8 Å². The molecule has 0 fully saturated rings. The van der Waals surface area contributed by atoms with Crippen LogP contribution in [0.4, 0.5) is 8.78 Å². The number of carbonyl (C=O) groups is 1. The lowest BCUT2D eigenvalue weighted by molar-refractivity contribution is 0.0993. The van der Waals surface area contributed by atoms with Gasteiger partial charge in [-0.25, -0.2) is 13.8 Å². The monoisotopic (exact) mass is 402 g/mol. The van der Waals surface area contributed by atoms with E-state index in [9.17, 15) is 18.4 Å². The summed E-state index contributed by atoms with van der Waals surface area (Å²) in [4.78, 5) is 30.2. The summed E-state index contributed by atoms with van der Waals surface area (Å²) in [7, 11) is 0. The van der Waals surface area contributed by atoms with Gasteiger partial charge in [-0.15, -0.1) is 0 Å². The number of benzene rings is 2. The van der Waals surface area contributed by atoms with Crippen LogP contribution in [0.2, 0.25) is 0 Å². The maximum absolute atomic E-state index is 13.5. The molecule has 1 atom stereocenters. The number of thioether (sulfide) groups is 1. The Morgan fingerprint density at radius 3 is 2.50 bits per heavy atom. The van der Waals surface area contributed by atoms with Crippen LogP contribution in [0.15, 0.2) is 52.4 Å². The molecule has 0 bridgehead atoms. The van der Waals surface area contributed by atoms with E-state index in [2.05, 4.69) is 4.98 Å². The van der Waals surface area contributed by atoms with Crippen molar-refractivity contribution in [2.24, 2.45) is 5.92 Å². The van der Waals surface area contributed by atoms with E-state index in [-0.39, 0.29) is 22.8 Å². The number of halogens is 2. The van der Waals surface area contributed by atoms with Gasteiger partial charge in [0.2, 0.25) is 0 Å². The summed E-state index contributed by atoms with van der Waals surface area (Å²) in [6.07, 6.45) is 0. The van der Waals surface area contributed by atoms with Crippen molar-refractivity contribution in [2.45, 2.75) is 37.7 Å². The number of ketones is 1. The van der Waals surface area contributed by atoms with Gasteiger partial charge < -0.3 is 0 Å². The van der Waals surface area contributed by atoms with E-state index >= 15 is 0 Å². The Morgan fingerprint density at radius 2 is 1.82 bits per heavy atom. The lowest BCUT2D eigenvalue weighted by Gasteiger charge is -2.17. The van der Waals surface area contributed by atoms with Gasteiger partial charge in [-0.3, -0.25) is 14.2 Å². The van der Waals surface area contributed by atoms with Crippen LogP contribution in [-0.2, 0) is 6.54 Å². The summed E-state index contributed by atoms with van der Waals surface area (Å²) >= 11 is 1.14. The molecule has 4 nitrogen and oxygen atoms in total. The predicted molar refractivity (Wildman–Crippen MR) is 107 cm³/mol. The number of hydrogen-bond donors (Lipinski definition) is 0. The number of para-hydroxylation sites is 1. The highest BCUT2D eigenvalue weighted by atomic mass is 32.2. The van der Waals surface area contributed by atoms with Gasteiger partial charge in [0.25, 0.3) is 5.56 Å². The van der Waals surface area contributed by atoms with Crippen LogP contribution in [0.3, 0.4) is 0 Å². The first kappa shape index (κ1) is 20.2. The van der Waals surface area contributed by atoms with Crippen LogP contribution in [0, 0.1) is 17.6 Å². The highest BCUT2D eigenvalue weighted by Gasteiger charge is 2.22. The van der Waals surface area contributed by atoms with E-state index in [0.29, 0.717) is 22.6 Å². The van der Waals surface area contributed by atoms with Crippen LogP contribution in [0.25, 0.3) is 10.9 Å². The molecule has 0 amide bonds. The molecule has 146 valence electrons. The fourth-order valence-electron chi connectivity index (χ4n) is 2.86. The second kappa shape index (κ2) is 8.22. The Hall–Kier alpha value is -2.54. The molecule has 7 heteroatoms. The number of nitrogens with zero attached hydrogens (tertiary/aromatic N) is 2. The molecular weight excluding hydrogens is 382 g/mol. The van der Waals surface area contributed by atoms with Crippen LogP contribution in [-0.4, -0.2) is 20.6 Å². The van der Waals surface area contributed by atoms with Crippen molar-refractivity contribution in [3.63, 3.8) is 0 Å². The number of hydrogen-bond acceptors (Lipinski definition) is 4. The lowest BCUT2D eigenvalue weighted by Crippen LogP contribution is -2.26. The molecule has 0 radical (unpaired) electrons. The third kappa shape index (κ3) is 4.14. The number of carbonyl (C=O) groups excluding carboxylic acids is 1. The first-order valence-corrected chi connectivity index (χ1v) is 9.81. The molecule has 1 aromatic heterocycles. The Bertz CT molecular complexity index is 1100. The number of fused-ring (bicyclic) bond motifs is 1. The summed E-state index contributed by atoms with van der Waals surface area (Å²) in [6.45, 7) is 6.11. The normalized spacial score (nSPS) is 12.5. The van der Waals surface area contributed by atoms with Gasteiger partial charge in [-0.1, -0.05) is 37.7 Å². The first-order valence-electron chi connectivity index (χ1n) is 8.93. The van der Waals surface area contributed by atoms with Crippen molar-refractivity contribution in [3.8, 4) is 0 Å². The van der Waals surface area contributed by atoms with E-state index < -0.39 is 16.9 Å². The summed E-state index contributed by atoms with van der Waals surface area (Å²) in [6, 6.07) is 10.1. The Labute approximate surface area is 165 Å². The minimum absolute atomic E-state index is 0.0810. The van der Waals surface area contributed by atoms with E-state index in [1.54, 1.807) is 35.8 Å². The van der Waals surface area contributed by atoms with Gasteiger partial charge in [-0.2, -0.15) is 0 Å². The minimum atomic E-state index is -1.07. The number of rotatable bonds is 6. The van der Waals surface area contributed by atoms with Crippen molar-refractivity contribution in [2.75, 3.05) is 0 Å². The quantitative estimate of drug-likeness (QED) is 0.341. The summed E-state index contributed by atoms with van der Waals surface area (Å²) in [5.41, 5.74) is 0.481. The van der Waals surface area contributed by atoms with E-state index in [1.165, 1.54) is 6.07 Å². The molecule has 0 aliphatic heterocycles. The second-order valence-electron chi connectivity index (χ2n) is 6.97. The third-order valence-electron chi connectivity index (χ3n) is 4.23. The maximum Gasteiger partial charge on any atom is 0.262 e. The van der Waals surface area contributed by atoms with E-state index in [4.69, 9.17) is 0 Å². The zero-order valence-corrected chi connectivity index (χ0v) is 16.6. The molecule has 0 unspecified atom stereocenters. The lowest BCUT2D eigenvalue weighted by atomic mass is 10.1.